The molecule has 2 N–H and O–H groups in total. The number of anilines is 1. The van der Waals surface area contributed by atoms with Gasteiger partial charge in [-0.05, 0) is 50.2 Å². The minimum Gasteiger partial charge on any atom is -0.506 e. The first-order valence-electron chi connectivity index (χ1n) is 8.09. The van der Waals surface area contributed by atoms with Crippen LogP contribution >= 0.6 is 43.6 Å². The molecule has 1 aliphatic rings. The third kappa shape index (κ3) is 3.29. The summed E-state index contributed by atoms with van der Waals surface area (Å²) < 4.78 is 12.6. The van der Waals surface area contributed by atoms with Gasteiger partial charge < -0.3 is 19.9 Å². The number of halogens is 2. The van der Waals surface area contributed by atoms with Gasteiger partial charge in [0.1, 0.15) is 10.2 Å². The Balaban J connectivity index is 1.89. The van der Waals surface area contributed by atoms with Crippen molar-refractivity contribution in [2.75, 3.05) is 18.7 Å². The van der Waals surface area contributed by atoms with Crippen molar-refractivity contribution in [2.24, 2.45) is 0 Å². The molecule has 10 heteroatoms. The van der Waals surface area contributed by atoms with Gasteiger partial charge in [0.05, 0.1) is 17.1 Å². The first-order valence-corrected chi connectivity index (χ1v) is 10.9. The van der Waals surface area contributed by atoms with E-state index in [0.717, 1.165) is 11.3 Å². The summed E-state index contributed by atoms with van der Waals surface area (Å²) in [7, 11) is 1.53. The molecule has 7 nitrogen and oxygen atoms in total. The molecule has 0 aliphatic carbocycles. The molecule has 0 spiro atoms. The predicted molar refractivity (Wildman–Crippen MR) is 114 cm³/mol. The summed E-state index contributed by atoms with van der Waals surface area (Å²) in [6.45, 7) is 0. The second kappa shape index (κ2) is 7.76. The third-order valence-corrected chi connectivity index (χ3v) is 6.05. The van der Waals surface area contributed by atoms with Crippen molar-refractivity contribution >= 4 is 49.3 Å². The number of aromatic nitrogens is 3. The fourth-order valence-electron chi connectivity index (χ4n) is 2.87. The highest BCUT2D eigenvalue weighted by Crippen LogP contribution is 2.47. The van der Waals surface area contributed by atoms with Crippen molar-refractivity contribution < 1.29 is 14.6 Å². The van der Waals surface area contributed by atoms with E-state index in [0.29, 0.717) is 37.0 Å². The van der Waals surface area contributed by atoms with E-state index in [4.69, 9.17) is 9.47 Å². The van der Waals surface area contributed by atoms with Crippen molar-refractivity contribution in [3.8, 4) is 28.6 Å². The van der Waals surface area contributed by atoms with E-state index in [2.05, 4.69) is 52.4 Å². The van der Waals surface area contributed by atoms with Crippen molar-refractivity contribution in [3.05, 3.63) is 44.8 Å². The van der Waals surface area contributed by atoms with E-state index in [-0.39, 0.29) is 5.75 Å². The standard InChI is InChI=1S/C18H14Br2N4O3S/c1-26-15-10(19)7-9(14(25)12(15)20)16-21-11-6-4-3-5-8(11)13-17(27-16)22-18(28-2)24-23-13/h3-7,16,21,25H,1-2H3/t16-/m0/s1. The first kappa shape index (κ1) is 19.3. The normalized spacial score (nSPS) is 14.9. The molecular weight excluding hydrogens is 512 g/mol. The van der Waals surface area contributed by atoms with Crippen LogP contribution in [0.2, 0.25) is 0 Å². The smallest absolute Gasteiger partial charge is 0.247 e. The number of phenols is 1. The number of thioether (sulfide) groups is 1. The average Bonchev–Trinajstić information content (AvgIpc) is 2.87. The number of rotatable bonds is 3. The molecule has 2 heterocycles. The molecule has 0 amide bonds. The molecule has 1 aliphatic heterocycles. The first-order chi connectivity index (χ1) is 13.5. The lowest BCUT2D eigenvalue weighted by Crippen LogP contribution is -2.17. The maximum atomic E-state index is 10.8. The highest BCUT2D eigenvalue weighted by atomic mass is 79.9. The SMILES string of the molecule is COc1c(Br)cc([C@H]2Nc3ccccc3-c3nnc(SC)nc3O2)c(O)c1Br. The summed E-state index contributed by atoms with van der Waals surface area (Å²) in [6.07, 6.45) is 1.15. The van der Waals surface area contributed by atoms with Crippen LogP contribution in [0.15, 0.2) is 44.4 Å². The number of nitrogens with one attached hydrogen (secondary N) is 1. The molecule has 0 saturated carbocycles. The summed E-state index contributed by atoms with van der Waals surface area (Å²) in [5, 5.41) is 23.0. The largest absolute Gasteiger partial charge is 0.506 e. The topological polar surface area (TPSA) is 89.4 Å². The molecule has 0 saturated heterocycles. The highest BCUT2D eigenvalue weighted by Gasteiger charge is 2.29. The van der Waals surface area contributed by atoms with Gasteiger partial charge in [-0.15, -0.1) is 10.2 Å². The van der Waals surface area contributed by atoms with E-state index in [1.165, 1.54) is 18.9 Å². The summed E-state index contributed by atoms with van der Waals surface area (Å²) in [5.41, 5.74) is 2.65. The number of nitrogens with zero attached hydrogens (tertiary/aromatic N) is 3. The Morgan fingerprint density at radius 1 is 1.25 bits per heavy atom. The Labute approximate surface area is 182 Å². The highest BCUT2D eigenvalue weighted by molar-refractivity contribution is 9.11. The Morgan fingerprint density at radius 3 is 2.79 bits per heavy atom. The fourth-order valence-corrected chi connectivity index (χ4v) is 4.64. The fraction of sp³-hybridized carbons (Fsp3) is 0.167. The van der Waals surface area contributed by atoms with Crippen molar-refractivity contribution in [2.45, 2.75) is 11.4 Å². The van der Waals surface area contributed by atoms with Gasteiger partial charge in [-0.2, -0.15) is 4.98 Å². The zero-order chi connectivity index (χ0) is 19.8. The number of methoxy groups -OCH3 is 1. The number of aromatic hydroxyl groups is 1. The number of fused-ring (bicyclic) bond motifs is 3. The molecule has 0 unspecified atom stereocenters. The number of hydrogen-bond donors (Lipinski definition) is 2. The quantitative estimate of drug-likeness (QED) is 0.461. The summed E-state index contributed by atoms with van der Waals surface area (Å²) in [6, 6.07) is 9.39. The number of phenolic OH excluding ortho intramolecular Hbond substituents is 1. The molecule has 28 heavy (non-hydrogen) atoms. The van der Waals surface area contributed by atoms with Crippen LogP contribution in [0.4, 0.5) is 5.69 Å². The van der Waals surface area contributed by atoms with Gasteiger partial charge in [-0.25, -0.2) is 0 Å². The molecular formula is C18H14Br2N4O3S. The molecule has 3 aromatic rings. The number of ether oxygens (including phenoxy) is 2. The van der Waals surface area contributed by atoms with Crippen molar-refractivity contribution in [1.29, 1.82) is 0 Å². The van der Waals surface area contributed by atoms with Crippen molar-refractivity contribution in [1.82, 2.24) is 15.2 Å². The average molecular weight is 526 g/mol. The van der Waals surface area contributed by atoms with Gasteiger partial charge in [0.15, 0.2) is 11.4 Å². The molecule has 144 valence electrons. The van der Waals surface area contributed by atoms with E-state index in [9.17, 15) is 5.11 Å². The monoisotopic (exact) mass is 524 g/mol. The lowest BCUT2D eigenvalue weighted by molar-refractivity contribution is 0.220. The maximum Gasteiger partial charge on any atom is 0.247 e. The maximum absolute atomic E-state index is 10.8. The Bertz CT molecular complexity index is 1070. The van der Waals surface area contributed by atoms with Crippen LogP contribution in [0.1, 0.15) is 11.8 Å². The van der Waals surface area contributed by atoms with Crippen LogP contribution in [0.5, 0.6) is 17.4 Å². The van der Waals surface area contributed by atoms with Crippen LogP contribution in [0.25, 0.3) is 11.3 Å². The van der Waals surface area contributed by atoms with Gasteiger partial charge >= 0.3 is 0 Å². The number of hydrogen-bond acceptors (Lipinski definition) is 8. The lowest BCUT2D eigenvalue weighted by atomic mass is 10.1. The second-order valence-corrected chi connectivity index (χ2v) is 8.20. The van der Waals surface area contributed by atoms with E-state index in [1.54, 1.807) is 6.07 Å². The lowest BCUT2D eigenvalue weighted by Gasteiger charge is -2.22. The molecule has 0 fully saturated rings. The molecule has 0 radical (unpaired) electrons. The van der Waals surface area contributed by atoms with Gasteiger partial charge in [0.2, 0.25) is 17.3 Å². The zero-order valence-electron chi connectivity index (χ0n) is 14.7. The van der Waals surface area contributed by atoms with Gasteiger partial charge in [0.25, 0.3) is 0 Å². The second-order valence-electron chi connectivity index (χ2n) is 5.78. The molecule has 4 rings (SSSR count). The van der Waals surface area contributed by atoms with Gasteiger partial charge in [-0.3, -0.25) is 0 Å². The van der Waals surface area contributed by atoms with Crippen LogP contribution in [0, 0.1) is 0 Å². The zero-order valence-corrected chi connectivity index (χ0v) is 18.7. The van der Waals surface area contributed by atoms with Gasteiger partial charge in [0, 0.05) is 11.3 Å². The third-order valence-electron chi connectivity index (χ3n) is 4.18. The Morgan fingerprint density at radius 2 is 2.04 bits per heavy atom. The summed E-state index contributed by atoms with van der Waals surface area (Å²) >= 11 is 8.23. The Hall–Kier alpha value is -2.04. The minimum absolute atomic E-state index is 0.00517. The van der Waals surface area contributed by atoms with Crippen LogP contribution in [-0.2, 0) is 0 Å². The van der Waals surface area contributed by atoms with Crippen LogP contribution in [-0.4, -0.2) is 33.7 Å². The van der Waals surface area contributed by atoms with Crippen LogP contribution < -0.4 is 14.8 Å². The van der Waals surface area contributed by atoms with E-state index < -0.39 is 6.23 Å². The summed E-state index contributed by atoms with van der Waals surface area (Å²) in [4.78, 5) is 4.47. The van der Waals surface area contributed by atoms with Crippen LogP contribution in [0.3, 0.4) is 0 Å². The van der Waals surface area contributed by atoms with E-state index >= 15 is 0 Å². The summed E-state index contributed by atoms with van der Waals surface area (Å²) in [5.74, 6) is 0.833. The molecule has 1 aromatic heterocycles. The van der Waals surface area contributed by atoms with Crippen molar-refractivity contribution in [3.63, 3.8) is 0 Å². The number of para-hydroxylation sites is 1. The number of benzene rings is 2. The molecule has 1 atom stereocenters. The molecule has 0 bridgehead atoms. The Kier molecular flexibility index (Phi) is 5.35. The predicted octanol–water partition coefficient (Wildman–Crippen LogP) is 5.00. The molecule has 2 aromatic carbocycles. The van der Waals surface area contributed by atoms with E-state index in [1.807, 2.05) is 30.5 Å². The van der Waals surface area contributed by atoms with Gasteiger partial charge in [-0.1, -0.05) is 30.0 Å². The minimum atomic E-state index is -0.715.